The number of carbonyl (C=O) groups excluding carboxylic acids is 1. The lowest BCUT2D eigenvalue weighted by Gasteiger charge is -2.37. The zero-order valence-electron chi connectivity index (χ0n) is 16.2. The first-order chi connectivity index (χ1) is 14.3. The normalized spacial score (nSPS) is 16.1. The van der Waals surface area contributed by atoms with Crippen molar-refractivity contribution in [3.63, 3.8) is 0 Å². The first kappa shape index (κ1) is 20.5. The molecule has 1 aliphatic heterocycles. The minimum Gasteiger partial charge on any atom is -0.368 e. The molecule has 0 spiro atoms. The molecule has 1 fully saturated rings. The lowest BCUT2D eigenvalue weighted by molar-refractivity contribution is -0.137. The molecule has 158 valence electrons. The van der Waals surface area contributed by atoms with Crippen LogP contribution < -0.4 is 10.5 Å². The van der Waals surface area contributed by atoms with Gasteiger partial charge in [0, 0.05) is 31.9 Å². The van der Waals surface area contributed by atoms with Crippen molar-refractivity contribution in [2.24, 2.45) is 0 Å². The predicted molar refractivity (Wildman–Crippen MR) is 111 cm³/mol. The maximum Gasteiger partial charge on any atom is 0.416 e. The molecule has 0 saturated carbocycles. The van der Waals surface area contributed by atoms with E-state index in [1.807, 2.05) is 17.0 Å². The molecule has 1 saturated heterocycles. The first-order valence-corrected chi connectivity index (χ1v) is 10.3. The maximum atomic E-state index is 13.0. The second-order valence-electron chi connectivity index (χ2n) is 7.25. The second kappa shape index (κ2) is 7.79. The smallest absolute Gasteiger partial charge is 0.368 e. The molecule has 1 aliphatic rings. The Bertz CT molecular complexity index is 1130. The van der Waals surface area contributed by atoms with Crippen LogP contribution >= 0.6 is 11.5 Å². The molecule has 0 N–H and O–H groups in total. The van der Waals surface area contributed by atoms with Gasteiger partial charge in [-0.2, -0.15) is 13.2 Å². The number of carbonyl (C=O) groups is 1. The van der Waals surface area contributed by atoms with Crippen LogP contribution in [-0.4, -0.2) is 40.9 Å². The lowest BCUT2D eigenvalue weighted by Crippen LogP contribution is -2.50. The zero-order chi connectivity index (χ0) is 21.5. The van der Waals surface area contributed by atoms with Crippen molar-refractivity contribution < 1.29 is 18.0 Å². The molecule has 1 aromatic heterocycles. The van der Waals surface area contributed by atoms with Crippen molar-refractivity contribution in [2.45, 2.75) is 19.1 Å². The number of rotatable bonds is 3. The van der Waals surface area contributed by atoms with Gasteiger partial charge >= 0.3 is 6.18 Å². The molecule has 1 amide bonds. The molecule has 0 radical (unpaired) electrons. The average molecular weight is 435 g/mol. The van der Waals surface area contributed by atoms with E-state index in [9.17, 15) is 22.8 Å². The van der Waals surface area contributed by atoms with Crippen LogP contribution in [0.1, 0.15) is 18.5 Å². The van der Waals surface area contributed by atoms with Gasteiger partial charge in [0.1, 0.15) is 6.04 Å². The topological polar surface area (TPSA) is 45.6 Å². The maximum absolute atomic E-state index is 13.0. The van der Waals surface area contributed by atoms with E-state index < -0.39 is 17.8 Å². The highest BCUT2D eigenvalue weighted by molar-refractivity contribution is 7.14. The summed E-state index contributed by atoms with van der Waals surface area (Å²) in [7, 11) is 0. The van der Waals surface area contributed by atoms with Crippen LogP contribution in [0.4, 0.5) is 18.9 Å². The molecular formula is C21H20F3N3O2S. The number of anilines is 1. The summed E-state index contributed by atoms with van der Waals surface area (Å²) in [5.41, 5.74) is -0.374. The molecule has 0 bridgehead atoms. The van der Waals surface area contributed by atoms with Crippen LogP contribution in [0, 0.1) is 0 Å². The molecule has 5 nitrogen and oxygen atoms in total. The van der Waals surface area contributed by atoms with Crippen molar-refractivity contribution in [2.75, 3.05) is 31.1 Å². The molecule has 30 heavy (non-hydrogen) atoms. The fourth-order valence-corrected chi connectivity index (χ4v) is 4.71. The zero-order valence-corrected chi connectivity index (χ0v) is 17.0. The van der Waals surface area contributed by atoms with Gasteiger partial charge in [0.2, 0.25) is 5.91 Å². The molecule has 4 rings (SSSR count). The van der Waals surface area contributed by atoms with Crippen LogP contribution in [-0.2, 0) is 11.0 Å². The summed E-state index contributed by atoms with van der Waals surface area (Å²) in [5, 5.41) is 0.594. The van der Waals surface area contributed by atoms with Crippen molar-refractivity contribution >= 4 is 33.2 Å². The Kier molecular flexibility index (Phi) is 5.31. The third-order valence-corrected chi connectivity index (χ3v) is 6.58. The highest BCUT2D eigenvalue weighted by Gasteiger charge is 2.32. The van der Waals surface area contributed by atoms with E-state index in [-0.39, 0.29) is 11.5 Å². The van der Waals surface area contributed by atoms with E-state index in [1.54, 1.807) is 30.0 Å². The van der Waals surface area contributed by atoms with E-state index in [2.05, 4.69) is 0 Å². The summed E-state index contributed by atoms with van der Waals surface area (Å²) < 4.78 is 41.2. The lowest BCUT2D eigenvalue weighted by atomic mass is 10.1. The fourth-order valence-electron chi connectivity index (χ4n) is 3.67. The van der Waals surface area contributed by atoms with E-state index in [1.165, 1.54) is 21.6 Å². The van der Waals surface area contributed by atoms with Gasteiger partial charge in [-0.15, -0.1) is 0 Å². The van der Waals surface area contributed by atoms with Gasteiger partial charge in [-0.05, 0) is 37.3 Å². The van der Waals surface area contributed by atoms with Gasteiger partial charge in [0.15, 0.2) is 0 Å². The van der Waals surface area contributed by atoms with Gasteiger partial charge in [-0.25, -0.2) is 0 Å². The molecule has 0 unspecified atom stereocenters. The molecular weight excluding hydrogens is 415 g/mol. The molecule has 2 aromatic carbocycles. The van der Waals surface area contributed by atoms with Gasteiger partial charge < -0.3 is 9.80 Å². The Morgan fingerprint density at radius 2 is 1.73 bits per heavy atom. The average Bonchev–Trinajstić information content (AvgIpc) is 3.09. The van der Waals surface area contributed by atoms with Gasteiger partial charge in [0.05, 0.1) is 15.6 Å². The van der Waals surface area contributed by atoms with E-state index in [0.717, 1.165) is 16.8 Å². The van der Waals surface area contributed by atoms with Crippen LogP contribution in [0.25, 0.3) is 10.1 Å². The Morgan fingerprint density at radius 1 is 1.03 bits per heavy atom. The van der Waals surface area contributed by atoms with E-state index in [4.69, 9.17) is 0 Å². The summed E-state index contributed by atoms with van der Waals surface area (Å²) in [6.45, 7) is 3.35. The Hall–Kier alpha value is -2.81. The Labute approximate surface area is 175 Å². The van der Waals surface area contributed by atoms with Crippen LogP contribution in [0.15, 0.2) is 53.3 Å². The van der Waals surface area contributed by atoms with Crippen LogP contribution in [0.3, 0.4) is 0 Å². The second-order valence-corrected chi connectivity index (χ2v) is 8.27. The van der Waals surface area contributed by atoms with E-state index in [0.29, 0.717) is 37.3 Å². The number of piperazine rings is 1. The number of hydrogen-bond donors (Lipinski definition) is 0. The first-order valence-electron chi connectivity index (χ1n) is 9.57. The number of halogens is 3. The summed E-state index contributed by atoms with van der Waals surface area (Å²) >= 11 is 1.27. The number of amides is 1. The Morgan fingerprint density at radius 3 is 2.40 bits per heavy atom. The minimum absolute atomic E-state index is 0.160. The number of hydrogen-bond acceptors (Lipinski definition) is 4. The van der Waals surface area contributed by atoms with E-state index >= 15 is 0 Å². The number of aromatic nitrogens is 1. The van der Waals surface area contributed by atoms with Crippen LogP contribution in [0.2, 0.25) is 0 Å². The monoisotopic (exact) mass is 435 g/mol. The largest absolute Gasteiger partial charge is 0.416 e. The Balaban J connectivity index is 1.45. The highest BCUT2D eigenvalue weighted by Crippen LogP contribution is 2.32. The predicted octanol–water partition coefficient (Wildman–Crippen LogP) is 3.99. The summed E-state index contributed by atoms with van der Waals surface area (Å²) in [6.07, 6.45) is -4.39. The van der Waals surface area contributed by atoms with Crippen molar-refractivity contribution in [3.8, 4) is 0 Å². The van der Waals surface area contributed by atoms with Crippen LogP contribution in [0.5, 0.6) is 0 Å². The van der Waals surface area contributed by atoms with Crippen molar-refractivity contribution in [1.29, 1.82) is 0 Å². The van der Waals surface area contributed by atoms with Gasteiger partial charge in [-0.1, -0.05) is 29.7 Å². The highest BCUT2D eigenvalue weighted by atomic mass is 32.1. The third kappa shape index (κ3) is 3.81. The quantitative estimate of drug-likeness (QED) is 0.625. The molecule has 0 aliphatic carbocycles. The summed E-state index contributed by atoms with van der Waals surface area (Å²) in [5.74, 6) is -0.160. The number of benzene rings is 2. The third-order valence-electron chi connectivity index (χ3n) is 5.35. The number of alkyl halides is 3. The SMILES string of the molecule is C[C@@H](C(=O)N1CCN(c2cccc(C(F)(F)F)c2)CC1)n1sc2ccccc2c1=O. The minimum atomic E-state index is -4.39. The summed E-state index contributed by atoms with van der Waals surface area (Å²) in [4.78, 5) is 29.1. The van der Waals surface area contributed by atoms with Gasteiger partial charge in [-0.3, -0.25) is 13.5 Å². The number of nitrogens with zero attached hydrogens (tertiary/aromatic N) is 3. The molecule has 1 atom stereocenters. The molecule has 9 heteroatoms. The number of fused-ring (bicyclic) bond motifs is 1. The standard InChI is InChI=1S/C21H20F3N3O2S/c1-14(27-20(29)17-7-2-3-8-18(17)30-27)19(28)26-11-9-25(10-12-26)16-6-4-5-15(13-16)21(22,23)24/h2-8,13-14H,9-12H2,1H3/t14-/m0/s1. The van der Waals surface area contributed by atoms with Crippen molar-refractivity contribution in [1.82, 2.24) is 8.86 Å². The molecule has 3 aromatic rings. The fraction of sp³-hybridized carbons (Fsp3) is 0.333. The summed E-state index contributed by atoms with van der Waals surface area (Å²) in [6, 6.07) is 11.8. The molecule has 2 heterocycles. The van der Waals surface area contributed by atoms with Gasteiger partial charge in [0.25, 0.3) is 5.56 Å². The van der Waals surface area contributed by atoms with Crippen molar-refractivity contribution in [3.05, 3.63) is 64.4 Å².